The molecule has 0 saturated heterocycles. The van der Waals surface area contributed by atoms with Crippen LogP contribution in [0.3, 0.4) is 0 Å². The summed E-state index contributed by atoms with van der Waals surface area (Å²) < 4.78 is 5.60. The molecule has 0 aliphatic rings. The van der Waals surface area contributed by atoms with E-state index in [1.54, 1.807) is 0 Å². The largest absolute Gasteiger partial charge is 0.389 e. The van der Waals surface area contributed by atoms with E-state index in [4.69, 9.17) is 4.74 Å². The molecular formula is C17H30N2O2. The second-order valence-corrected chi connectivity index (χ2v) is 5.85. The quantitative estimate of drug-likeness (QED) is 0.714. The summed E-state index contributed by atoms with van der Waals surface area (Å²) in [7, 11) is 4.15. The Morgan fingerprint density at radius 2 is 1.81 bits per heavy atom. The molecule has 21 heavy (non-hydrogen) atoms. The van der Waals surface area contributed by atoms with Gasteiger partial charge in [0.15, 0.2) is 0 Å². The lowest BCUT2D eigenvalue weighted by Crippen LogP contribution is -2.44. The van der Waals surface area contributed by atoms with Gasteiger partial charge in [0.2, 0.25) is 0 Å². The molecule has 4 heteroatoms. The second kappa shape index (κ2) is 9.90. The molecule has 2 atom stereocenters. The van der Waals surface area contributed by atoms with Gasteiger partial charge in [-0.05, 0) is 33.1 Å². The van der Waals surface area contributed by atoms with Crippen molar-refractivity contribution < 1.29 is 9.84 Å². The SMILES string of the molecule is CCN(CC(O)COCc1ccccc1)C(C)CN(C)C. The molecule has 1 N–H and O–H groups in total. The van der Waals surface area contributed by atoms with Crippen LogP contribution in [0, 0.1) is 0 Å². The van der Waals surface area contributed by atoms with Gasteiger partial charge >= 0.3 is 0 Å². The van der Waals surface area contributed by atoms with Crippen molar-refractivity contribution in [3.8, 4) is 0 Å². The minimum absolute atomic E-state index is 0.375. The van der Waals surface area contributed by atoms with E-state index in [1.807, 2.05) is 30.3 Å². The van der Waals surface area contributed by atoms with Crippen molar-refractivity contribution in [3.05, 3.63) is 35.9 Å². The van der Waals surface area contributed by atoms with Gasteiger partial charge in [0.1, 0.15) is 0 Å². The summed E-state index contributed by atoms with van der Waals surface area (Å²) in [6.07, 6.45) is -0.446. The molecule has 120 valence electrons. The summed E-state index contributed by atoms with van der Waals surface area (Å²) in [5, 5.41) is 10.1. The van der Waals surface area contributed by atoms with E-state index in [-0.39, 0.29) is 0 Å². The Labute approximate surface area is 129 Å². The minimum Gasteiger partial charge on any atom is -0.389 e. The molecule has 0 amide bonds. The molecule has 1 rings (SSSR count). The van der Waals surface area contributed by atoms with Crippen molar-refractivity contribution in [1.82, 2.24) is 9.80 Å². The fourth-order valence-electron chi connectivity index (χ4n) is 2.48. The van der Waals surface area contributed by atoms with Gasteiger partial charge in [0.05, 0.1) is 19.3 Å². The maximum absolute atomic E-state index is 10.1. The van der Waals surface area contributed by atoms with Crippen molar-refractivity contribution in [3.63, 3.8) is 0 Å². The van der Waals surface area contributed by atoms with Crippen molar-refractivity contribution in [2.75, 3.05) is 40.3 Å². The molecule has 0 fully saturated rings. The number of benzene rings is 1. The number of ether oxygens (including phenoxy) is 1. The van der Waals surface area contributed by atoms with Crippen LogP contribution in [-0.2, 0) is 11.3 Å². The predicted molar refractivity (Wildman–Crippen MR) is 87.4 cm³/mol. The zero-order chi connectivity index (χ0) is 15.7. The number of likely N-dealkylation sites (N-methyl/N-ethyl adjacent to an activating group) is 2. The van der Waals surface area contributed by atoms with Crippen molar-refractivity contribution in [2.24, 2.45) is 0 Å². The van der Waals surface area contributed by atoms with E-state index in [9.17, 15) is 5.11 Å². The molecule has 0 aliphatic heterocycles. The fraction of sp³-hybridized carbons (Fsp3) is 0.647. The van der Waals surface area contributed by atoms with Crippen LogP contribution in [0.25, 0.3) is 0 Å². The minimum atomic E-state index is -0.446. The van der Waals surface area contributed by atoms with Gasteiger partial charge in [-0.1, -0.05) is 37.3 Å². The monoisotopic (exact) mass is 294 g/mol. The van der Waals surface area contributed by atoms with Crippen LogP contribution in [0.1, 0.15) is 19.4 Å². The van der Waals surface area contributed by atoms with Gasteiger partial charge in [-0.3, -0.25) is 4.90 Å². The van der Waals surface area contributed by atoms with Crippen molar-refractivity contribution >= 4 is 0 Å². The number of aliphatic hydroxyl groups excluding tert-OH is 1. The van der Waals surface area contributed by atoms with Crippen LogP contribution in [0.4, 0.5) is 0 Å². The van der Waals surface area contributed by atoms with Crippen molar-refractivity contribution in [1.29, 1.82) is 0 Å². The first kappa shape index (κ1) is 18.1. The van der Waals surface area contributed by atoms with E-state index in [0.29, 0.717) is 25.8 Å². The Balaban J connectivity index is 2.29. The van der Waals surface area contributed by atoms with Gasteiger partial charge in [0.25, 0.3) is 0 Å². The number of aliphatic hydroxyl groups is 1. The van der Waals surface area contributed by atoms with Gasteiger partial charge in [-0.25, -0.2) is 0 Å². The third-order valence-corrected chi connectivity index (χ3v) is 3.53. The molecular weight excluding hydrogens is 264 g/mol. The standard InChI is InChI=1S/C17H30N2O2/c1-5-19(15(2)11-18(3)4)12-17(20)14-21-13-16-9-7-6-8-10-16/h6-10,15,17,20H,5,11-14H2,1-4H3. The smallest absolute Gasteiger partial charge is 0.0900 e. The first-order valence-corrected chi connectivity index (χ1v) is 7.71. The molecule has 0 radical (unpaired) electrons. The highest BCUT2D eigenvalue weighted by Crippen LogP contribution is 2.04. The average Bonchev–Trinajstić information content (AvgIpc) is 2.45. The summed E-state index contributed by atoms with van der Waals surface area (Å²) in [5.74, 6) is 0. The number of hydrogen-bond acceptors (Lipinski definition) is 4. The van der Waals surface area contributed by atoms with Crippen LogP contribution < -0.4 is 0 Å². The average molecular weight is 294 g/mol. The highest BCUT2D eigenvalue weighted by atomic mass is 16.5. The molecule has 2 unspecified atom stereocenters. The first-order chi connectivity index (χ1) is 10.0. The second-order valence-electron chi connectivity index (χ2n) is 5.85. The Bertz CT molecular complexity index is 370. The van der Waals surface area contributed by atoms with Crippen LogP contribution in [-0.4, -0.2) is 67.4 Å². The molecule has 0 heterocycles. The third-order valence-electron chi connectivity index (χ3n) is 3.53. The predicted octanol–water partition coefficient (Wildman–Crippen LogP) is 1.84. The number of hydrogen-bond donors (Lipinski definition) is 1. The lowest BCUT2D eigenvalue weighted by Gasteiger charge is -2.31. The van der Waals surface area contributed by atoms with Crippen molar-refractivity contribution in [2.45, 2.75) is 32.6 Å². The summed E-state index contributed by atoms with van der Waals surface area (Å²) in [4.78, 5) is 4.46. The summed E-state index contributed by atoms with van der Waals surface area (Å²) in [5.41, 5.74) is 1.14. The van der Waals surface area contributed by atoms with Crippen LogP contribution in [0.15, 0.2) is 30.3 Å². The van der Waals surface area contributed by atoms with E-state index < -0.39 is 6.10 Å². The van der Waals surface area contributed by atoms with E-state index in [1.165, 1.54) is 0 Å². The topological polar surface area (TPSA) is 35.9 Å². The Morgan fingerprint density at radius 3 is 2.38 bits per heavy atom. The van der Waals surface area contributed by atoms with Gasteiger partial charge in [-0.2, -0.15) is 0 Å². The third kappa shape index (κ3) is 7.58. The molecule has 0 saturated carbocycles. The van der Waals surface area contributed by atoms with Gasteiger partial charge in [0, 0.05) is 19.1 Å². The highest BCUT2D eigenvalue weighted by molar-refractivity contribution is 5.13. The highest BCUT2D eigenvalue weighted by Gasteiger charge is 2.16. The van der Waals surface area contributed by atoms with E-state index in [0.717, 1.165) is 18.7 Å². The maximum atomic E-state index is 10.1. The van der Waals surface area contributed by atoms with E-state index in [2.05, 4.69) is 37.7 Å². The summed E-state index contributed by atoms with van der Waals surface area (Å²) in [6, 6.07) is 10.5. The Hall–Kier alpha value is -0.940. The summed E-state index contributed by atoms with van der Waals surface area (Å²) in [6.45, 7) is 7.83. The van der Waals surface area contributed by atoms with Crippen LogP contribution in [0.2, 0.25) is 0 Å². The molecule has 1 aromatic rings. The van der Waals surface area contributed by atoms with Gasteiger partial charge in [-0.15, -0.1) is 0 Å². The van der Waals surface area contributed by atoms with E-state index >= 15 is 0 Å². The maximum Gasteiger partial charge on any atom is 0.0900 e. The van der Waals surface area contributed by atoms with Crippen LogP contribution >= 0.6 is 0 Å². The Morgan fingerprint density at radius 1 is 1.14 bits per heavy atom. The lowest BCUT2D eigenvalue weighted by molar-refractivity contribution is 0.00287. The number of rotatable bonds is 10. The first-order valence-electron chi connectivity index (χ1n) is 7.71. The van der Waals surface area contributed by atoms with Crippen LogP contribution in [0.5, 0.6) is 0 Å². The normalized spacial score (nSPS) is 14.6. The molecule has 0 spiro atoms. The molecule has 1 aromatic carbocycles. The molecule has 0 aromatic heterocycles. The zero-order valence-electron chi connectivity index (χ0n) is 13.8. The molecule has 0 bridgehead atoms. The Kier molecular flexibility index (Phi) is 8.54. The number of nitrogens with zero attached hydrogens (tertiary/aromatic N) is 2. The molecule has 4 nitrogen and oxygen atoms in total. The summed E-state index contributed by atoms with van der Waals surface area (Å²) >= 11 is 0. The fourth-order valence-corrected chi connectivity index (χ4v) is 2.48. The van der Waals surface area contributed by atoms with Gasteiger partial charge < -0.3 is 14.7 Å². The molecule has 0 aliphatic carbocycles. The zero-order valence-corrected chi connectivity index (χ0v) is 13.8. The lowest BCUT2D eigenvalue weighted by atomic mass is 10.2.